The fraction of sp³-hybridized carbons (Fsp3) is 0.556. The van der Waals surface area contributed by atoms with Gasteiger partial charge in [0.1, 0.15) is 0 Å². The van der Waals surface area contributed by atoms with Crippen LogP contribution in [0, 0.1) is 5.92 Å². The summed E-state index contributed by atoms with van der Waals surface area (Å²) in [5.41, 5.74) is 2.02. The Hall–Kier alpha value is -1.72. The molecular weight excluding hydrogens is 384 g/mol. The van der Waals surface area contributed by atoms with Gasteiger partial charge in [0.05, 0.1) is 17.9 Å². The molecule has 4 heteroatoms. The number of aliphatic hydroxyl groups is 1. The van der Waals surface area contributed by atoms with Crippen molar-refractivity contribution in [3.05, 3.63) is 71.8 Å². The molecule has 1 atom stereocenters. The first-order valence-corrected chi connectivity index (χ1v) is 11.8. The highest BCUT2D eigenvalue weighted by atomic mass is 16.5. The monoisotopic (exact) mass is 418 g/mol. The minimum absolute atomic E-state index is 0.0480. The molecule has 4 bridgehead atoms. The van der Waals surface area contributed by atoms with Crippen LogP contribution >= 0.6 is 0 Å². The molecule has 2 aromatic rings. The fourth-order valence-electron chi connectivity index (χ4n) is 7.49. The van der Waals surface area contributed by atoms with Gasteiger partial charge < -0.3 is 9.84 Å². The van der Waals surface area contributed by atoms with Gasteiger partial charge in [0.15, 0.2) is 0 Å². The molecule has 0 radical (unpaired) electrons. The summed E-state index contributed by atoms with van der Waals surface area (Å²) in [4.78, 5) is 5.43. The summed E-state index contributed by atoms with van der Waals surface area (Å²) in [6.07, 6.45) is 2.29. The van der Waals surface area contributed by atoms with Crippen LogP contribution in [-0.4, -0.2) is 65.6 Å². The number of piperidine rings is 2. The van der Waals surface area contributed by atoms with Crippen molar-refractivity contribution in [3.8, 4) is 0 Å². The highest BCUT2D eigenvalue weighted by Crippen LogP contribution is 2.55. The van der Waals surface area contributed by atoms with Crippen molar-refractivity contribution in [2.75, 3.05) is 32.8 Å². The minimum atomic E-state index is -0.385. The van der Waals surface area contributed by atoms with E-state index in [1.807, 2.05) is 0 Å². The molecule has 5 aliphatic rings. The standard InChI is InChI=1S/C27H34N2O2/c1-25(2)15-20(13-14-31-25)23-28-16-26(21-9-5-3-6-10-21)17-29(23)19-27(18-28,24(26)30)22-11-7-4-8-12-22/h3-12,20,23-24,30H,13-19H2,1-2H3. The number of hydrogen-bond acceptors (Lipinski definition) is 4. The van der Waals surface area contributed by atoms with Crippen molar-refractivity contribution in [1.29, 1.82) is 0 Å². The van der Waals surface area contributed by atoms with Crippen LogP contribution in [0.25, 0.3) is 0 Å². The SMILES string of the molecule is CC1(C)CC(C2N3CC4(c5ccccc5)CN2CC(c2ccccc2)(C3)C4O)CCO1. The van der Waals surface area contributed by atoms with E-state index in [9.17, 15) is 5.11 Å². The van der Waals surface area contributed by atoms with Crippen LogP contribution in [0.4, 0.5) is 0 Å². The summed E-state index contributed by atoms with van der Waals surface area (Å²) in [7, 11) is 0. The van der Waals surface area contributed by atoms with E-state index >= 15 is 0 Å². The van der Waals surface area contributed by atoms with Gasteiger partial charge in [-0.25, -0.2) is 0 Å². The van der Waals surface area contributed by atoms with E-state index in [2.05, 4.69) is 84.3 Å². The van der Waals surface area contributed by atoms with Crippen LogP contribution in [0.15, 0.2) is 60.7 Å². The largest absolute Gasteiger partial charge is 0.391 e. The van der Waals surface area contributed by atoms with Crippen LogP contribution < -0.4 is 0 Å². The van der Waals surface area contributed by atoms with Crippen LogP contribution in [0.1, 0.15) is 37.8 Å². The number of aliphatic hydroxyl groups excluding tert-OH is 1. The molecule has 164 valence electrons. The average Bonchev–Trinajstić information content (AvgIpc) is 2.77. The number of rotatable bonds is 3. The van der Waals surface area contributed by atoms with Crippen LogP contribution in [0.3, 0.4) is 0 Å². The van der Waals surface area contributed by atoms with Gasteiger partial charge in [0.25, 0.3) is 0 Å². The summed E-state index contributed by atoms with van der Waals surface area (Å²) < 4.78 is 6.06. The van der Waals surface area contributed by atoms with Gasteiger partial charge in [0.2, 0.25) is 0 Å². The molecule has 5 saturated heterocycles. The average molecular weight is 419 g/mol. The topological polar surface area (TPSA) is 35.9 Å². The molecular formula is C27H34N2O2. The Kier molecular flexibility index (Phi) is 4.43. The van der Waals surface area contributed by atoms with Gasteiger partial charge in [-0.05, 0) is 43.7 Å². The lowest BCUT2D eigenvalue weighted by Gasteiger charge is -2.71. The molecule has 2 aromatic carbocycles. The second kappa shape index (κ2) is 6.89. The molecule has 4 nitrogen and oxygen atoms in total. The summed E-state index contributed by atoms with van der Waals surface area (Å²) in [5.74, 6) is 0.613. The first kappa shape index (κ1) is 19.9. The van der Waals surface area contributed by atoms with Crippen LogP contribution in [0.2, 0.25) is 0 Å². The smallest absolute Gasteiger partial charge is 0.0782 e. The number of ether oxygens (including phenoxy) is 1. The maximum Gasteiger partial charge on any atom is 0.0782 e. The van der Waals surface area contributed by atoms with Crippen molar-refractivity contribution in [2.45, 2.75) is 55.4 Å². The molecule has 0 amide bonds. The van der Waals surface area contributed by atoms with Crippen LogP contribution in [-0.2, 0) is 15.6 Å². The number of benzene rings is 2. The third-order valence-corrected chi connectivity index (χ3v) is 8.59. The van der Waals surface area contributed by atoms with Gasteiger partial charge in [-0.3, -0.25) is 9.80 Å². The predicted molar refractivity (Wildman–Crippen MR) is 122 cm³/mol. The zero-order chi connectivity index (χ0) is 21.3. The molecule has 5 aliphatic heterocycles. The van der Waals surface area contributed by atoms with Crippen molar-refractivity contribution < 1.29 is 9.84 Å². The minimum Gasteiger partial charge on any atom is -0.391 e. The Morgan fingerprint density at radius 2 is 1.29 bits per heavy atom. The summed E-state index contributed by atoms with van der Waals surface area (Å²) in [6, 6.07) is 21.6. The van der Waals surface area contributed by atoms with Crippen molar-refractivity contribution in [1.82, 2.24) is 9.80 Å². The fourth-order valence-corrected chi connectivity index (χ4v) is 7.49. The summed E-state index contributed by atoms with van der Waals surface area (Å²) >= 11 is 0. The van der Waals surface area contributed by atoms with Crippen molar-refractivity contribution in [2.24, 2.45) is 5.92 Å². The molecule has 1 unspecified atom stereocenters. The summed E-state index contributed by atoms with van der Waals surface area (Å²) in [6.45, 7) is 9.07. The molecule has 0 spiro atoms. The van der Waals surface area contributed by atoms with Gasteiger partial charge >= 0.3 is 0 Å². The third-order valence-electron chi connectivity index (χ3n) is 8.59. The Balaban J connectivity index is 1.44. The van der Waals surface area contributed by atoms with E-state index in [0.717, 1.165) is 45.6 Å². The van der Waals surface area contributed by atoms with E-state index in [4.69, 9.17) is 4.74 Å². The normalized spacial score (nSPS) is 43.1. The highest BCUT2D eigenvalue weighted by molar-refractivity contribution is 5.42. The molecule has 1 N–H and O–H groups in total. The van der Waals surface area contributed by atoms with Gasteiger partial charge in [-0.2, -0.15) is 0 Å². The van der Waals surface area contributed by atoms with E-state index in [-0.39, 0.29) is 22.5 Å². The molecule has 5 heterocycles. The van der Waals surface area contributed by atoms with Gasteiger partial charge in [-0.1, -0.05) is 60.7 Å². The molecule has 0 saturated carbocycles. The molecule has 5 fully saturated rings. The quantitative estimate of drug-likeness (QED) is 0.829. The Bertz CT molecular complexity index is 869. The zero-order valence-corrected chi connectivity index (χ0v) is 18.7. The first-order valence-electron chi connectivity index (χ1n) is 11.8. The lowest BCUT2D eigenvalue weighted by atomic mass is 9.54. The third kappa shape index (κ3) is 2.88. The molecule has 31 heavy (non-hydrogen) atoms. The molecule has 0 aliphatic carbocycles. The maximum atomic E-state index is 12.0. The van der Waals surface area contributed by atoms with E-state index in [1.165, 1.54) is 11.1 Å². The zero-order valence-electron chi connectivity index (χ0n) is 18.7. The molecule has 7 rings (SSSR count). The highest BCUT2D eigenvalue weighted by Gasteiger charge is 2.67. The van der Waals surface area contributed by atoms with E-state index in [1.54, 1.807) is 0 Å². The molecule has 0 aromatic heterocycles. The summed E-state index contributed by atoms with van der Waals surface area (Å²) in [5, 5.41) is 12.0. The second-order valence-corrected chi connectivity index (χ2v) is 11.0. The van der Waals surface area contributed by atoms with E-state index < -0.39 is 0 Å². The van der Waals surface area contributed by atoms with E-state index in [0.29, 0.717) is 12.1 Å². The predicted octanol–water partition coefficient (Wildman–Crippen LogP) is 3.40. The van der Waals surface area contributed by atoms with Crippen molar-refractivity contribution >= 4 is 0 Å². The Morgan fingerprint density at radius 3 is 1.74 bits per heavy atom. The van der Waals surface area contributed by atoms with Gasteiger partial charge in [0, 0.05) is 43.6 Å². The lowest BCUT2D eigenvalue weighted by molar-refractivity contribution is -0.229. The first-order chi connectivity index (χ1) is 14.9. The van der Waals surface area contributed by atoms with Crippen LogP contribution in [0.5, 0.6) is 0 Å². The Morgan fingerprint density at radius 1 is 0.806 bits per heavy atom. The maximum absolute atomic E-state index is 12.0. The second-order valence-electron chi connectivity index (χ2n) is 11.0. The number of nitrogens with zero attached hydrogens (tertiary/aromatic N) is 2. The Labute approximate surface area is 185 Å². The lowest BCUT2D eigenvalue weighted by Crippen LogP contribution is -2.84. The number of hydrogen-bond donors (Lipinski definition) is 1. The van der Waals surface area contributed by atoms with Crippen molar-refractivity contribution in [3.63, 3.8) is 0 Å². The van der Waals surface area contributed by atoms with Gasteiger partial charge in [-0.15, -0.1) is 0 Å².